The Balaban J connectivity index is 1.30. The number of nitrogens with zero attached hydrogens (tertiary/aromatic N) is 3. The first kappa shape index (κ1) is 21.5. The molecule has 9 nitrogen and oxygen atoms in total. The van der Waals surface area contributed by atoms with E-state index in [0.717, 1.165) is 24.4 Å². The zero-order valence-electron chi connectivity index (χ0n) is 17.6. The van der Waals surface area contributed by atoms with E-state index in [2.05, 4.69) is 20.2 Å². The van der Waals surface area contributed by atoms with E-state index >= 15 is 0 Å². The van der Waals surface area contributed by atoms with Gasteiger partial charge < -0.3 is 15.2 Å². The summed E-state index contributed by atoms with van der Waals surface area (Å²) >= 11 is 0. The lowest BCUT2D eigenvalue weighted by molar-refractivity contribution is 0.0949. The van der Waals surface area contributed by atoms with Crippen LogP contribution in [0.15, 0.2) is 24.4 Å². The number of piperazine rings is 1. The van der Waals surface area contributed by atoms with Gasteiger partial charge in [0.15, 0.2) is 5.78 Å². The van der Waals surface area contributed by atoms with Gasteiger partial charge in [0, 0.05) is 56.6 Å². The maximum absolute atomic E-state index is 12.7. The number of pyridine rings is 1. The molecule has 0 atom stereocenters. The Morgan fingerprint density at radius 3 is 2.65 bits per heavy atom. The van der Waals surface area contributed by atoms with Crippen LogP contribution in [0.3, 0.4) is 0 Å². The number of aromatic nitrogens is 2. The Labute approximate surface area is 181 Å². The van der Waals surface area contributed by atoms with E-state index in [4.69, 9.17) is 0 Å². The average molecular weight is 446 g/mol. The summed E-state index contributed by atoms with van der Waals surface area (Å²) in [5, 5.41) is 2.69. The van der Waals surface area contributed by atoms with E-state index in [1.54, 1.807) is 13.1 Å². The SMILES string of the molecule is Cc1c(C(=O)NCCS(=O)(=O)N2CCN(c3ccccn3)CC2)[nH]c2c1C(=O)CCC2. The molecule has 31 heavy (non-hydrogen) atoms. The third-order valence-corrected chi connectivity index (χ3v) is 7.79. The summed E-state index contributed by atoms with van der Waals surface area (Å²) in [7, 11) is -3.48. The predicted molar refractivity (Wildman–Crippen MR) is 117 cm³/mol. The Bertz CT molecular complexity index is 1070. The lowest BCUT2D eigenvalue weighted by Crippen LogP contribution is -2.50. The van der Waals surface area contributed by atoms with Gasteiger partial charge in [0.25, 0.3) is 5.91 Å². The van der Waals surface area contributed by atoms with E-state index < -0.39 is 10.0 Å². The number of carbonyl (C=O) groups excluding carboxylic acids is 2. The molecule has 1 saturated heterocycles. The lowest BCUT2D eigenvalue weighted by Gasteiger charge is -2.34. The van der Waals surface area contributed by atoms with Crippen molar-refractivity contribution in [3.63, 3.8) is 0 Å². The summed E-state index contributed by atoms with van der Waals surface area (Å²) in [5.41, 5.74) is 2.42. The molecule has 10 heteroatoms. The Hall–Kier alpha value is -2.72. The summed E-state index contributed by atoms with van der Waals surface area (Å²) in [6.45, 7) is 3.69. The number of aromatic amines is 1. The maximum atomic E-state index is 12.7. The molecule has 0 unspecified atom stereocenters. The number of sulfonamides is 1. The highest BCUT2D eigenvalue weighted by Gasteiger charge is 2.29. The van der Waals surface area contributed by atoms with Crippen LogP contribution in [0, 0.1) is 6.92 Å². The zero-order valence-corrected chi connectivity index (χ0v) is 18.4. The third-order valence-electron chi connectivity index (χ3n) is 5.92. The van der Waals surface area contributed by atoms with Crippen LogP contribution in [-0.4, -0.2) is 72.9 Å². The second-order valence-electron chi connectivity index (χ2n) is 7.90. The molecule has 0 aromatic carbocycles. The monoisotopic (exact) mass is 445 g/mol. The number of aryl methyl sites for hydroxylation is 1. The number of fused-ring (bicyclic) bond motifs is 1. The van der Waals surface area contributed by atoms with Crippen molar-refractivity contribution in [2.75, 3.05) is 43.4 Å². The number of rotatable bonds is 6. The first-order chi connectivity index (χ1) is 14.9. The number of Topliss-reactive ketones (excluding diaryl/α,β-unsaturated/α-hetero) is 1. The van der Waals surface area contributed by atoms with Crippen molar-refractivity contribution in [2.45, 2.75) is 26.2 Å². The molecule has 3 heterocycles. The van der Waals surface area contributed by atoms with Gasteiger partial charge in [0.2, 0.25) is 10.0 Å². The summed E-state index contributed by atoms with van der Waals surface area (Å²) in [4.78, 5) is 34.1. The molecular formula is C21H27N5O4S. The van der Waals surface area contributed by atoms with Gasteiger partial charge in [-0.05, 0) is 37.5 Å². The molecule has 2 aliphatic rings. The van der Waals surface area contributed by atoms with Gasteiger partial charge in [0.05, 0.1) is 5.75 Å². The summed E-state index contributed by atoms with van der Waals surface area (Å²) in [6.07, 6.45) is 3.74. The van der Waals surface area contributed by atoms with Crippen LogP contribution in [0.2, 0.25) is 0 Å². The van der Waals surface area contributed by atoms with E-state index in [9.17, 15) is 18.0 Å². The van der Waals surface area contributed by atoms with Crippen molar-refractivity contribution in [1.29, 1.82) is 0 Å². The van der Waals surface area contributed by atoms with Crippen molar-refractivity contribution >= 4 is 27.5 Å². The number of amides is 1. The van der Waals surface area contributed by atoms with Crippen molar-refractivity contribution in [3.05, 3.63) is 46.9 Å². The number of H-pyrrole nitrogens is 1. The summed E-state index contributed by atoms with van der Waals surface area (Å²) in [6, 6.07) is 5.67. The van der Waals surface area contributed by atoms with Crippen LogP contribution in [0.1, 0.15) is 44.9 Å². The average Bonchev–Trinajstić information content (AvgIpc) is 3.12. The number of ketones is 1. The number of nitrogens with one attached hydrogen (secondary N) is 2. The Morgan fingerprint density at radius 2 is 1.97 bits per heavy atom. The maximum Gasteiger partial charge on any atom is 0.268 e. The fourth-order valence-electron chi connectivity index (χ4n) is 4.25. The minimum absolute atomic E-state index is 0.0126. The Kier molecular flexibility index (Phi) is 6.10. The van der Waals surface area contributed by atoms with Gasteiger partial charge >= 0.3 is 0 Å². The number of carbonyl (C=O) groups is 2. The van der Waals surface area contributed by atoms with Crippen molar-refractivity contribution in [3.8, 4) is 0 Å². The zero-order chi connectivity index (χ0) is 22.0. The molecule has 1 aliphatic carbocycles. The fourth-order valence-corrected chi connectivity index (χ4v) is 5.59. The molecule has 0 saturated carbocycles. The standard InChI is InChI=1S/C21H27N5O4S/c1-15-19-16(5-4-6-17(19)27)24-20(15)21(28)23-9-14-31(29,30)26-12-10-25(11-13-26)18-7-2-3-8-22-18/h2-3,7-8,24H,4-6,9-14H2,1H3,(H,23,28). The molecule has 0 spiro atoms. The van der Waals surface area contributed by atoms with Crippen molar-refractivity contribution in [1.82, 2.24) is 19.6 Å². The summed E-state index contributed by atoms with van der Waals surface area (Å²) in [5.74, 6) is 0.353. The molecule has 2 aromatic heterocycles. The molecule has 4 rings (SSSR count). The van der Waals surface area contributed by atoms with E-state index in [-0.39, 0.29) is 24.0 Å². The van der Waals surface area contributed by atoms with Crippen LogP contribution in [-0.2, 0) is 16.4 Å². The summed E-state index contributed by atoms with van der Waals surface area (Å²) < 4.78 is 26.9. The third kappa shape index (κ3) is 4.49. The normalized spacial score (nSPS) is 17.5. The van der Waals surface area contributed by atoms with Gasteiger partial charge in [-0.2, -0.15) is 4.31 Å². The second-order valence-corrected chi connectivity index (χ2v) is 9.99. The number of hydrogen-bond donors (Lipinski definition) is 2. The van der Waals surface area contributed by atoms with Crippen molar-refractivity contribution < 1.29 is 18.0 Å². The minimum Gasteiger partial charge on any atom is -0.354 e. The van der Waals surface area contributed by atoms with Crippen LogP contribution >= 0.6 is 0 Å². The highest BCUT2D eigenvalue weighted by Crippen LogP contribution is 2.26. The van der Waals surface area contributed by atoms with Crippen LogP contribution in [0.25, 0.3) is 0 Å². The largest absolute Gasteiger partial charge is 0.354 e. The smallest absolute Gasteiger partial charge is 0.268 e. The van der Waals surface area contributed by atoms with Gasteiger partial charge in [-0.15, -0.1) is 0 Å². The van der Waals surface area contributed by atoms with Gasteiger partial charge in [-0.3, -0.25) is 9.59 Å². The highest BCUT2D eigenvalue weighted by atomic mass is 32.2. The number of hydrogen-bond acceptors (Lipinski definition) is 6. The second kappa shape index (κ2) is 8.80. The minimum atomic E-state index is -3.48. The predicted octanol–water partition coefficient (Wildman–Crippen LogP) is 1.12. The van der Waals surface area contributed by atoms with Crippen LogP contribution < -0.4 is 10.2 Å². The van der Waals surface area contributed by atoms with E-state index in [0.29, 0.717) is 49.4 Å². The molecule has 2 aromatic rings. The van der Waals surface area contributed by atoms with Gasteiger partial charge in [-0.1, -0.05) is 6.07 Å². The van der Waals surface area contributed by atoms with E-state index in [1.165, 1.54) is 4.31 Å². The molecule has 166 valence electrons. The molecule has 1 fully saturated rings. The van der Waals surface area contributed by atoms with Gasteiger partial charge in [0.1, 0.15) is 11.5 Å². The molecule has 1 amide bonds. The molecule has 2 N–H and O–H groups in total. The van der Waals surface area contributed by atoms with Crippen molar-refractivity contribution in [2.24, 2.45) is 0 Å². The topological polar surface area (TPSA) is 115 Å². The number of anilines is 1. The van der Waals surface area contributed by atoms with Crippen LogP contribution in [0.4, 0.5) is 5.82 Å². The first-order valence-corrected chi connectivity index (χ1v) is 12.1. The molecular weight excluding hydrogens is 418 g/mol. The lowest BCUT2D eigenvalue weighted by atomic mass is 9.94. The molecule has 1 aliphatic heterocycles. The van der Waals surface area contributed by atoms with Gasteiger partial charge in [-0.25, -0.2) is 13.4 Å². The molecule has 0 bridgehead atoms. The molecule has 0 radical (unpaired) electrons. The highest BCUT2D eigenvalue weighted by molar-refractivity contribution is 7.89. The first-order valence-electron chi connectivity index (χ1n) is 10.5. The van der Waals surface area contributed by atoms with Crippen LogP contribution in [0.5, 0.6) is 0 Å². The quantitative estimate of drug-likeness (QED) is 0.689. The Morgan fingerprint density at radius 1 is 1.19 bits per heavy atom. The van der Waals surface area contributed by atoms with E-state index in [1.807, 2.05) is 18.2 Å². The fraction of sp³-hybridized carbons (Fsp3) is 0.476.